The van der Waals surface area contributed by atoms with Crippen LogP contribution >= 0.6 is 0 Å². The summed E-state index contributed by atoms with van der Waals surface area (Å²) in [5, 5.41) is 7.59. The minimum Gasteiger partial charge on any atom is -0.366 e. The molecule has 4 rings (SSSR count). The number of amides is 1. The minimum atomic E-state index is 0.145. The van der Waals surface area contributed by atoms with E-state index in [-0.39, 0.29) is 11.9 Å². The molecule has 4 heterocycles. The van der Waals surface area contributed by atoms with Gasteiger partial charge in [0, 0.05) is 43.0 Å². The largest absolute Gasteiger partial charge is 0.366 e. The van der Waals surface area contributed by atoms with Gasteiger partial charge in [0.15, 0.2) is 5.82 Å². The summed E-state index contributed by atoms with van der Waals surface area (Å²) in [5.41, 5.74) is 1.91. The Balaban J connectivity index is 1.66. The molecular weight excluding hydrogens is 290 g/mol. The van der Waals surface area contributed by atoms with Crippen molar-refractivity contribution in [2.24, 2.45) is 5.92 Å². The molecule has 6 heteroatoms. The summed E-state index contributed by atoms with van der Waals surface area (Å²) < 4.78 is 2.04. The quantitative estimate of drug-likeness (QED) is 0.775. The molecule has 1 aliphatic heterocycles. The number of fused-ring (bicyclic) bond motifs is 3. The molecule has 1 fully saturated rings. The lowest BCUT2D eigenvalue weighted by atomic mass is 9.98. The molecule has 0 saturated carbocycles. The molecule has 3 aromatic heterocycles. The maximum atomic E-state index is 11.6. The first-order valence-corrected chi connectivity index (χ1v) is 8.00. The molecular formula is C17H19N5O. The number of hydrogen-bond donors (Lipinski definition) is 2. The SMILES string of the molecule is CC[C@@H]1CC(=O)NC1CNc1nccc2ccc3nccn3c12. The van der Waals surface area contributed by atoms with E-state index in [4.69, 9.17) is 0 Å². The first kappa shape index (κ1) is 14.0. The van der Waals surface area contributed by atoms with Gasteiger partial charge in [-0.1, -0.05) is 13.3 Å². The molecule has 1 aliphatic rings. The predicted molar refractivity (Wildman–Crippen MR) is 89.3 cm³/mol. The van der Waals surface area contributed by atoms with E-state index in [1.165, 1.54) is 0 Å². The average Bonchev–Trinajstić information content (AvgIpc) is 3.18. The second-order valence-corrected chi connectivity index (χ2v) is 6.01. The maximum absolute atomic E-state index is 11.6. The van der Waals surface area contributed by atoms with Crippen molar-refractivity contribution in [3.05, 3.63) is 36.8 Å². The zero-order valence-corrected chi connectivity index (χ0v) is 13.0. The number of aromatic nitrogens is 3. The van der Waals surface area contributed by atoms with E-state index < -0.39 is 0 Å². The normalized spacial score (nSPS) is 21.0. The van der Waals surface area contributed by atoms with E-state index in [2.05, 4.69) is 33.6 Å². The van der Waals surface area contributed by atoms with Crippen LogP contribution in [0, 0.1) is 5.92 Å². The summed E-state index contributed by atoms with van der Waals surface area (Å²) in [6, 6.07) is 6.20. The predicted octanol–water partition coefficient (Wildman–Crippen LogP) is 2.21. The highest BCUT2D eigenvalue weighted by Crippen LogP contribution is 2.24. The fourth-order valence-electron chi connectivity index (χ4n) is 3.39. The third kappa shape index (κ3) is 2.40. The lowest BCUT2D eigenvalue weighted by Crippen LogP contribution is -2.35. The van der Waals surface area contributed by atoms with Gasteiger partial charge in [0.05, 0.1) is 5.52 Å². The van der Waals surface area contributed by atoms with Crippen LogP contribution in [0.4, 0.5) is 5.82 Å². The lowest BCUT2D eigenvalue weighted by Gasteiger charge is -2.19. The Morgan fingerprint density at radius 2 is 2.22 bits per heavy atom. The fourth-order valence-corrected chi connectivity index (χ4v) is 3.39. The van der Waals surface area contributed by atoms with Gasteiger partial charge in [0.1, 0.15) is 5.65 Å². The van der Waals surface area contributed by atoms with E-state index in [1.807, 2.05) is 22.7 Å². The lowest BCUT2D eigenvalue weighted by molar-refractivity contribution is -0.119. The number of anilines is 1. The van der Waals surface area contributed by atoms with Crippen LogP contribution in [-0.4, -0.2) is 32.9 Å². The van der Waals surface area contributed by atoms with E-state index >= 15 is 0 Å². The monoisotopic (exact) mass is 309 g/mol. The van der Waals surface area contributed by atoms with Gasteiger partial charge in [-0.25, -0.2) is 9.97 Å². The van der Waals surface area contributed by atoms with Crippen molar-refractivity contribution in [3.63, 3.8) is 0 Å². The fraction of sp³-hybridized carbons (Fsp3) is 0.353. The molecule has 0 aromatic carbocycles. The minimum absolute atomic E-state index is 0.145. The van der Waals surface area contributed by atoms with Crippen LogP contribution in [0.25, 0.3) is 16.6 Å². The van der Waals surface area contributed by atoms with Crippen molar-refractivity contribution in [1.82, 2.24) is 19.7 Å². The average molecular weight is 309 g/mol. The van der Waals surface area contributed by atoms with E-state index in [9.17, 15) is 4.79 Å². The summed E-state index contributed by atoms with van der Waals surface area (Å²) in [5.74, 6) is 1.35. The molecule has 0 spiro atoms. The molecule has 1 saturated heterocycles. The van der Waals surface area contributed by atoms with Crippen LogP contribution in [0.2, 0.25) is 0 Å². The third-order valence-corrected chi connectivity index (χ3v) is 4.65. The molecule has 6 nitrogen and oxygen atoms in total. The standard InChI is InChI=1S/C17H19N5O/c1-2-11-9-15(23)21-13(11)10-20-17-16-12(5-6-19-17)3-4-14-18-7-8-22(14)16/h3-8,11,13H,2,9-10H2,1H3,(H,19,20)(H,21,23)/t11-,13?/m1/s1. The van der Waals surface area contributed by atoms with Crippen LogP contribution in [0.15, 0.2) is 36.8 Å². The summed E-state index contributed by atoms with van der Waals surface area (Å²) >= 11 is 0. The number of pyridine rings is 2. The van der Waals surface area contributed by atoms with Crippen LogP contribution in [0.3, 0.4) is 0 Å². The number of carbonyl (C=O) groups excluding carboxylic acids is 1. The van der Waals surface area contributed by atoms with Gasteiger partial charge in [0.2, 0.25) is 5.91 Å². The van der Waals surface area contributed by atoms with Gasteiger partial charge in [-0.15, -0.1) is 0 Å². The molecule has 23 heavy (non-hydrogen) atoms. The molecule has 3 aromatic rings. The number of nitrogens with one attached hydrogen (secondary N) is 2. The topological polar surface area (TPSA) is 71.3 Å². The third-order valence-electron chi connectivity index (χ3n) is 4.65. The summed E-state index contributed by atoms with van der Waals surface area (Å²) in [6.07, 6.45) is 7.15. The second-order valence-electron chi connectivity index (χ2n) is 6.01. The Hall–Kier alpha value is -2.63. The van der Waals surface area contributed by atoms with Crippen LogP contribution in [0.1, 0.15) is 19.8 Å². The molecule has 0 bridgehead atoms. The number of carbonyl (C=O) groups is 1. The van der Waals surface area contributed by atoms with Crippen LogP contribution in [0.5, 0.6) is 0 Å². The highest BCUT2D eigenvalue weighted by atomic mass is 16.2. The molecule has 118 valence electrons. The van der Waals surface area contributed by atoms with Crippen LogP contribution < -0.4 is 10.6 Å². The van der Waals surface area contributed by atoms with Gasteiger partial charge >= 0.3 is 0 Å². The Labute approximate surface area is 133 Å². The van der Waals surface area contributed by atoms with E-state index in [0.717, 1.165) is 28.8 Å². The first-order valence-electron chi connectivity index (χ1n) is 8.00. The van der Waals surface area contributed by atoms with Crippen molar-refractivity contribution in [1.29, 1.82) is 0 Å². The molecule has 1 amide bonds. The van der Waals surface area contributed by atoms with Crippen LogP contribution in [-0.2, 0) is 4.79 Å². The second kappa shape index (κ2) is 5.53. The zero-order valence-electron chi connectivity index (χ0n) is 13.0. The first-order chi connectivity index (χ1) is 11.3. The molecule has 2 atom stereocenters. The molecule has 2 N–H and O–H groups in total. The van der Waals surface area contributed by atoms with Gasteiger partial charge in [-0.2, -0.15) is 0 Å². The molecule has 0 radical (unpaired) electrons. The van der Waals surface area contributed by atoms with Gasteiger partial charge in [-0.3, -0.25) is 9.20 Å². The van der Waals surface area contributed by atoms with Crippen molar-refractivity contribution < 1.29 is 4.79 Å². The smallest absolute Gasteiger partial charge is 0.220 e. The Bertz CT molecular complexity index is 872. The summed E-state index contributed by atoms with van der Waals surface area (Å²) in [7, 11) is 0. The number of imidazole rings is 1. The van der Waals surface area contributed by atoms with Crippen molar-refractivity contribution in [2.75, 3.05) is 11.9 Å². The summed E-state index contributed by atoms with van der Waals surface area (Å²) in [4.78, 5) is 20.4. The molecule has 0 aliphatic carbocycles. The molecule has 1 unspecified atom stereocenters. The number of rotatable bonds is 4. The highest BCUT2D eigenvalue weighted by Gasteiger charge is 2.30. The van der Waals surface area contributed by atoms with Crippen molar-refractivity contribution in [3.8, 4) is 0 Å². The van der Waals surface area contributed by atoms with Gasteiger partial charge in [0.25, 0.3) is 0 Å². The number of nitrogens with zero attached hydrogens (tertiary/aromatic N) is 3. The Morgan fingerprint density at radius 3 is 3.09 bits per heavy atom. The van der Waals surface area contributed by atoms with Crippen molar-refractivity contribution in [2.45, 2.75) is 25.8 Å². The van der Waals surface area contributed by atoms with E-state index in [1.54, 1.807) is 12.4 Å². The van der Waals surface area contributed by atoms with Gasteiger partial charge in [-0.05, 0) is 24.1 Å². The Kier molecular flexibility index (Phi) is 3.37. The zero-order chi connectivity index (χ0) is 15.8. The van der Waals surface area contributed by atoms with E-state index in [0.29, 0.717) is 18.9 Å². The van der Waals surface area contributed by atoms with Gasteiger partial charge < -0.3 is 10.6 Å². The Morgan fingerprint density at radius 1 is 1.30 bits per heavy atom. The maximum Gasteiger partial charge on any atom is 0.220 e. The van der Waals surface area contributed by atoms with Crippen molar-refractivity contribution >= 4 is 28.3 Å². The highest BCUT2D eigenvalue weighted by molar-refractivity contribution is 5.90. The summed E-state index contributed by atoms with van der Waals surface area (Å²) in [6.45, 7) is 2.81. The number of hydrogen-bond acceptors (Lipinski definition) is 4.